The molecule has 8 nitrogen and oxygen atoms in total. The highest BCUT2D eigenvalue weighted by molar-refractivity contribution is 5.76. The van der Waals surface area contributed by atoms with Crippen LogP contribution in [-0.4, -0.2) is 44.5 Å². The van der Waals surface area contributed by atoms with E-state index in [1.165, 1.54) is 17.1 Å². The van der Waals surface area contributed by atoms with Crippen molar-refractivity contribution in [3.63, 3.8) is 0 Å². The Balaban J connectivity index is 1.44. The Morgan fingerprint density at radius 1 is 1.30 bits per heavy atom. The van der Waals surface area contributed by atoms with Crippen molar-refractivity contribution in [3.8, 4) is 5.69 Å². The minimum atomic E-state index is -0.200. The molecule has 3 heterocycles. The van der Waals surface area contributed by atoms with Gasteiger partial charge in [0, 0.05) is 26.1 Å². The first-order valence-electron chi connectivity index (χ1n) is 9.09. The molecule has 4 rings (SSSR count). The van der Waals surface area contributed by atoms with E-state index in [0.29, 0.717) is 17.6 Å². The molecule has 140 valence electrons. The maximum atomic E-state index is 12.7. The van der Waals surface area contributed by atoms with Gasteiger partial charge in [0.1, 0.15) is 5.39 Å². The third-order valence-corrected chi connectivity index (χ3v) is 4.69. The Morgan fingerprint density at radius 2 is 2.15 bits per heavy atom. The number of rotatable bonds is 6. The van der Waals surface area contributed by atoms with Crippen LogP contribution in [0.2, 0.25) is 0 Å². The monoisotopic (exact) mass is 367 g/mol. The lowest BCUT2D eigenvalue weighted by molar-refractivity contribution is -0.121. The smallest absolute Gasteiger partial charge is 0.264 e. The van der Waals surface area contributed by atoms with Gasteiger partial charge in [-0.2, -0.15) is 5.10 Å². The van der Waals surface area contributed by atoms with E-state index < -0.39 is 0 Å². The zero-order valence-corrected chi connectivity index (χ0v) is 14.9. The molecule has 0 radical (unpaired) electrons. The summed E-state index contributed by atoms with van der Waals surface area (Å²) in [6, 6.07) is 9.52. The van der Waals surface area contributed by atoms with Crippen molar-refractivity contribution in [3.05, 3.63) is 53.2 Å². The molecule has 1 N–H and O–H groups in total. The first kappa shape index (κ1) is 17.4. The van der Waals surface area contributed by atoms with Gasteiger partial charge in [-0.25, -0.2) is 9.67 Å². The highest BCUT2D eigenvalue weighted by Crippen LogP contribution is 2.13. The van der Waals surface area contributed by atoms with E-state index in [1.807, 2.05) is 30.3 Å². The number of aromatic nitrogens is 4. The van der Waals surface area contributed by atoms with Crippen LogP contribution < -0.4 is 10.9 Å². The summed E-state index contributed by atoms with van der Waals surface area (Å²) in [6.45, 7) is 1.56. The van der Waals surface area contributed by atoms with Crippen LogP contribution in [0, 0.1) is 0 Å². The molecule has 0 aliphatic carbocycles. The van der Waals surface area contributed by atoms with Crippen molar-refractivity contribution < 1.29 is 9.53 Å². The molecule has 1 aliphatic rings. The number of nitrogens with zero attached hydrogens (tertiary/aromatic N) is 4. The van der Waals surface area contributed by atoms with E-state index in [9.17, 15) is 9.59 Å². The lowest BCUT2D eigenvalue weighted by Gasteiger charge is -2.11. The second-order valence-electron chi connectivity index (χ2n) is 6.56. The largest absolute Gasteiger partial charge is 0.376 e. The lowest BCUT2D eigenvalue weighted by Crippen LogP contribution is -2.33. The van der Waals surface area contributed by atoms with Gasteiger partial charge in [0.15, 0.2) is 5.65 Å². The number of carbonyl (C=O) groups excluding carboxylic acids is 1. The molecule has 2 aromatic heterocycles. The average Bonchev–Trinajstić information content (AvgIpc) is 3.36. The van der Waals surface area contributed by atoms with Crippen LogP contribution in [0.15, 0.2) is 47.7 Å². The van der Waals surface area contributed by atoms with E-state index in [1.54, 1.807) is 4.68 Å². The number of para-hydroxylation sites is 1. The number of carbonyl (C=O) groups is 1. The van der Waals surface area contributed by atoms with Crippen LogP contribution in [0.3, 0.4) is 0 Å². The van der Waals surface area contributed by atoms with Crippen LogP contribution in [0.4, 0.5) is 0 Å². The molecule has 1 aromatic carbocycles. The summed E-state index contributed by atoms with van der Waals surface area (Å²) in [4.78, 5) is 29.1. The number of fused-ring (bicyclic) bond motifs is 1. The molecular formula is C19H21N5O3. The van der Waals surface area contributed by atoms with Gasteiger partial charge in [-0.1, -0.05) is 18.2 Å². The van der Waals surface area contributed by atoms with E-state index in [0.717, 1.165) is 25.1 Å². The van der Waals surface area contributed by atoms with Gasteiger partial charge < -0.3 is 10.1 Å². The quantitative estimate of drug-likeness (QED) is 0.708. The van der Waals surface area contributed by atoms with Crippen LogP contribution in [-0.2, 0) is 16.1 Å². The Kier molecular flexibility index (Phi) is 4.97. The summed E-state index contributed by atoms with van der Waals surface area (Å²) in [5, 5.41) is 7.58. The first-order chi connectivity index (χ1) is 13.2. The van der Waals surface area contributed by atoms with Crippen molar-refractivity contribution >= 4 is 16.9 Å². The highest BCUT2D eigenvalue weighted by Gasteiger charge is 2.16. The van der Waals surface area contributed by atoms with E-state index in [4.69, 9.17) is 4.74 Å². The number of hydrogen-bond acceptors (Lipinski definition) is 5. The highest BCUT2D eigenvalue weighted by atomic mass is 16.5. The number of nitrogens with one attached hydrogen (secondary N) is 1. The van der Waals surface area contributed by atoms with Gasteiger partial charge in [0.2, 0.25) is 5.91 Å². The van der Waals surface area contributed by atoms with Crippen molar-refractivity contribution in [2.75, 3.05) is 13.2 Å². The maximum absolute atomic E-state index is 12.7. The molecule has 1 amide bonds. The minimum Gasteiger partial charge on any atom is -0.376 e. The fourth-order valence-corrected chi connectivity index (χ4v) is 3.21. The van der Waals surface area contributed by atoms with E-state index >= 15 is 0 Å². The predicted molar refractivity (Wildman–Crippen MR) is 99.7 cm³/mol. The standard InChI is InChI=1S/C19H21N5O3/c25-17(20-11-15-7-4-10-27-15)8-9-23-13-21-18-16(19(23)26)12-22-24(18)14-5-2-1-3-6-14/h1-3,5-6,12-13,15H,4,7-11H2,(H,20,25)/t15-/m0/s1. The fraction of sp³-hybridized carbons (Fsp3) is 0.368. The van der Waals surface area contributed by atoms with Crippen molar-refractivity contribution in [1.82, 2.24) is 24.6 Å². The molecule has 1 saturated heterocycles. The molecule has 8 heteroatoms. The Bertz CT molecular complexity index is 989. The predicted octanol–water partition coefficient (Wildman–Crippen LogP) is 1.27. The second kappa shape index (κ2) is 7.71. The summed E-state index contributed by atoms with van der Waals surface area (Å²) in [6.07, 6.45) is 5.33. The van der Waals surface area contributed by atoms with E-state index in [-0.39, 0.29) is 30.5 Å². The first-order valence-corrected chi connectivity index (χ1v) is 9.09. The third kappa shape index (κ3) is 3.75. The Morgan fingerprint density at radius 3 is 2.93 bits per heavy atom. The van der Waals surface area contributed by atoms with Gasteiger partial charge in [0.05, 0.1) is 24.3 Å². The molecule has 27 heavy (non-hydrogen) atoms. The van der Waals surface area contributed by atoms with Crippen molar-refractivity contribution in [2.24, 2.45) is 0 Å². The number of amides is 1. The summed E-state index contributed by atoms with van der Waals surface area (Å²) >= 11 is 0. The molecule has 0 spiro atoms. The molecule has 1 aliphatic heterocycles. The van der Waals surface area contributed by atoms with Gasteiger partial charge in [-0.3, -0.25) is 14.2 Å². The van der Waals surface area contributed by atoms with Gasteiger partial charge in [0.25, 0.3) is 5.56 Å². The molecule has 0 saturated carbocycles. The molecule has 0 unspecified atom stereocenters. The number of benzene rings is 1. The van der Waals surface area contributed by atoms with Crippen LogP contribution in [0.1, 0.15) is 19.3 Å². The third-order valence-electron chi connectivity index (χ3n) is 4.69. The van der Waals surface area contributed by atoms with Gasteiger partial charge in [-0.05, 0) is 25.0 Å². The number of aryl methyl sites for hydroxylation is 1. The second-order valence-corrected chi connectivity index (χ2v) is 6.56. The number of ether oxygens (including phenoxy) is 1. The van der Waals surface area contributed by atoms with Crippen LogP contribution in [0.5, 0.6) is 0 Å². The van der Waals surface area contributed by atoms with Gasteiger partial charge in [-0.15, -0.1) is 0 Å². The molecule has 3 aromatic rings. The zero-order chi connectivity index (χ0) is 18.6. The topological polar surface area (TPSA) is 91.0 Å². The fourth-order valence-electron chi connectivity index (χ4n) is 3.21. The summed E-state index contributed by atoms with van der Waals surface area (Å²) < 4.78 is 8.57. The molecule has 1 atom stereocenters. The molecule has 0 bridgehead atoms. The maximum Gasteiger partial charge on any atom is 0.264 e. The summed E-state index contributed by atoms with van der Waals surface area (Å²) in [7, 11) is 0. The molecular weight excluding hydrogens is 346 g/mol. The van der Waals surface area contributed by atoms with Crippen LogP contribution >= 0.6 is 0 Å². The normalized spacial score (nSPS) is 16.7. The average molecular weight is 367 g/mol. The lowest BCUT2D eigenvalue weighted by atomic mass is 10.2. The van der Waals surface area contributed by atoms with Crippen molar-refractivity contribution in [2.45, 2.75) is 31.9 Å². The Hall–Kier alpha value is -3.00. The summed E-state index contributed by atoms with van der Waals surface area (Å²) in [5.74, 6) is -0.0996. The SMILES string of the molecule is O=C(CCn1cnc2c(cnn2-c2ccccc2)c1=O)NC[C@@H]1CCCO1. The zero-order valence-electron chi connectivity index (χ0n) is 14.9. The minimum absolute atomic E-state index is 0.0996. The van der Waals surface area contributed by atoms with Gasteiger partial charge >= 0.3 is 0 Å². The van der Waals surface area contributed by atoms with Crippen LogP contribution in [0.25, 0.3) is 16.7 Å². The number of hydrogen-bond donors (Lipinski definition) is 1. The van der Waals surface area contributed by atoms with Crippen molar-refractivity contribution in [1.29, 1.82) is 0 Å². The molecule has 1 fully saturated rings. The Labute approximate surface area is 155 Å². The summed E-state index contributed by atoms with van der Waals surface area (Å²) in [5.41, 5.74) is 1.14. The van der Waals surface area contributed by atoms with E-state index in [2.05, 4.69) is 15.4 Å².